The van der Waals surface area contributed by atoms with Crippen LogP contribution >= 0.6 is 0 Å². The lowest BCUT2D eigenvalue weighted by Crippen LogP contribution is -2.38. The van der Waals surface area contributed by atoms with Crippen molar-refractivity contribution in [1.29, 1.82) is 0 Å². The first-order valence-electron chi connectivity index (χ1n) is 10.7. The molecule has 1 fully saturated rings. The zero-order valence-corrected chi connectivity index (χ0v) is 17.9. The molecular formula is C24H40O2. The first-order valence-corrected chi connectivity index (χ1v) is 10.7. The molecule has 1 saturated carbocycles. The fourth-order valence-corrected chi connectivity index (χ4v) is 3.90. The van der Waals surface area contributed by atoms with Crippen LogP contribution in [0.3, 0.4) is 0 Å². The van der Waals surface area contributed by atoms with Crippen LogP contribution in [0.4, 0.5) is 0 Å². The molecule has 2 atom stereocenters. The Balaban J connectivity index is 2.05. The molecule has 2 unspecified atom stereocenters. The van der Waals surface area contributed by atoms with Gasteiger partial charge in [0, 0.05) is 5.41 Å². The van der Waals surface area contributed by atoms with Gasteiger partial charge in [-0.15, -0.1) is 0 Å². The second kappa shape index (κ2) is 9.78. The normalized spacial score (nSPS) is 18.7. The van der Waals surface area contributed by atoms with Gasteiger partial charge in [0.25, 0.3) is 0 Å². The van der Waals surface area contributed by atoms with Gasteiger partial charge in [0.2, 0.25) is 6.29 Å². The molecule has 0 spiro atoms. The Morgan fingerprint density at radius 3 is 2.12 bits per heavy atom. The van der Waals surface area contributed by atoms with Crippen LogP contribution in [0, 0.1) is 11.3 Å². The minimum atomic E-state index is -0.201. The predicted molar refractivity (Wildman–Crippen MR) is 111 cm³/mol. The van der Waals surface area contributed by atoms with Crippen molar-refractivity contribution in [3.8, 4) is 5.75 Å². The van der Waals surface area contributed by atoms with E-state index in [0.29, 0.717) is 17.9 Å². The highest BCUT2D eigenvalue weighted by molar-refractivity contribution is 5.30. The first-order chi connectivity index (χ1) is 12.3. The highest BCUT2D eigenvalue weighted by Crippen LogP contribution is 2.33. The topological polar surface area (TPSA) is 18.5 Å². The molecule has 2 nitrogen and oxygen atoms in total. The first kappa shape index (κ1) is 21.3. The minimum absolute atomic E-state index is 0.0429. The van der Waals surface area contributed by atoms with Crippen LogP contribution in [0.5, 0.6) is 5.75 Å². The molecule has 1 aromatic rings. The van der Waals surface area contributed by atoms with E-state index in [2.05, 4.69) is 65.8 Å². The number of rotatable bonds is 8. The van der Waals surface area contributed by atoms with Crippen molar-refractivity contribution in [2.24, 2.45) is 11.3 Å². The Morgan fingerprint density at radius 1 is 1.00 bits per heavy atom. The summed E-state index contributed by atoms with van der Waals surface area (Å²) in [5.41, 5.74) is 1.38. The van der Waals surface area contributed by atoms with Crippen molar-refractivity contribution in [2.75, 3.05) is 0 Å². The maximum atomic E-state index is 6.39. The number of ether oxygens (including phenoxy) is 2. The molecule has 0 heterocycles. The molecule has 0 N–H and O–H groups in total. The molecule has 0 saturated heterocycles. The van der Waals surface area contributed by atoms with Crippen LogP contribution in [-0.4, -0.2) is 12.4 Å². The summed E-state index contributed by atoms with van der Waals surface area (Å²) in [6, 6.07) is 8.75. The molecule has 1 aliphatic rings. The fraction of sp³-hybridized carbons (Fsp3) is 0.750. The molecule has 0 aromatic heterocycles. The quantitative estimate of drug-likeness (QED) is 0.452. The standard InChI is InChI=1S/C24H40O2/c1-7-11-22(18(2)3)19-14-16-21(17-15-19)26-23(24(4,5)6)25-20-12-9-8-10-13-20/h14-18,20,22-23H,7-13H2,1-6H3. The number of hydrogen-bond donors (Lipinski definition) is 0. The van der Waals surface area contributed by atoms with Gasteiger partial charge in [-0.05, 0) is 48.8 Å². The Labute approximate surface area is 161 Å². The Bertz CT molecular complexity index is 506. The van der Waals surface area contributed by atoms with Crippen LogP contribution in [0.15, 0.2) is 24.3 Å². The van der Waals surface area contributed by atoms with Crippen molar-refractivity contribution >= 4 is 0 Å². The largest absolute Gasteiger partial charge is 0.464 e. The molecule has 148 valence electrons. The van der Waals surface area contributed by atoms with E-state index in [1.165, 1.54) is 50.5 Å². The van der Waals surface area contributed by atoms with Gasteiger partial charge in [-0.1, -0.05) is 79.4 Å². The van der Waals surface area contributed by atoms with Gasteiger partial charge < -0.3 is 9.47 Å². The van der Waals surface area contributed by atoms with Crippen molar-refractivity contribution in [3.63, 3.8) is 0 Å². The lowest BCUT2D eigenvalue weighted by Gasteiger charge is -2.35. The molecule has 0 bridgehead atoms. The number of hydrogen-bond acceptors (Lipinski definition) is 2. The third kappa shape index (κ3) is 6.30. The summed E-state index contributed by atoms with van der Waals surface area (Å²) >= 11 is 0. The summed E-state index contributed by atoms with van der Waals surface area (Å²) in [6.45, 7) is 13.5. The average Bonchev–Trinajstić information content (AvgIpc) is 2.60. The van der Waals surface area contributed by atoms with Crippen molar-refractivity contribution < 1.29 is 9.47 Å². The van der Waals surface area contributed by atoms with E-state index in [1.807, 2.05) is 0 Å². The van der Waals surface area contributed by atoms with Crippen LogP contribution in [-0.2, 0) is 4.74 Å². The molecule has 0 aliphatic heterocycles. The van der Waals surface area contributed by atoms with Crippen LogP contribution in [0.2, 0.25) is 0 Å². The monoisotopic (exact) mass is 360 g/mol. The molecule has 1 aromatic carbocycles. The van der Waals surface area contributed by atoms with Crippen LogP contribution in [0.25, 0.3) is 0 Å². The zero-order valence-electron chi connectivity index (χ0n) is 17.9. The Hall–Kier alpha value is -1.02. The van der Waals surface area contributed by atoms with Gasteiger partial charge in [-0.2, -0.15) is 0 Å². The lowest BCUT2D eigenvalue weighted by molar-refractivity contribution is -0.177. The molecule has 2 rings (SSSR count). The summed E-state index contributed by atoms with van der Waals surface area (Å²) in [4.78, 5) is 0. The van der Waals surface area contributed by atoms with E-state index in [-0.39, 0.29) is 11.7 Å². The molecule has 2 heteroatoms. The van der Waals surface area contributed by atoms with Crippen LogP contribution in [0.1, 0.15) is 98.0 Å². The summed E-state index contributed by atoms with van der Waals surface area (Å²) < 4.78 is 12.7. The molecule has 0 radical (unpaired) electrons. The number of benzene rings is 1. The van der Waals surface area contributed by atoms with Crippen LogP contribution < -0.4 is 4.74 Å². The fourth-order valence-electron chi connectivity index (χ4n) is 3.90. The summed E-state index contributed by atoms with van der Waals surface area (Å²) in [5, 5.41) is 0. The smallest absolute Gasteiger partial charge is 0.204 e. The third-order valence-electron chi connectivity index (χ3n) is 5.53. The second-order valence-corrected chi connectivity index (χ2v) is 9.42. The SMILES string of the molecule is CCCC(c1ccc(OC(OC2CCCCC2)C(C)(C)C)cc1)C(C)C. The molecule has 0 amide bonds. The maximum absolute atomic E-state index is 6.39. The summed E-state index contributed by atoms with van der Waals surface area (Å²) in [6.07, 6.45) is 8.86. The van der Waals surface area contributed by atoms with E-state index in [0.717, 1.165) is 5.75 Å². The van der Waals surface area contributed by atoms with Gasteiger partial charge in [-0.3, -0.25) is 0 Å². The van der Waals surface area contributed by atoms with Gasteiger partial charge in [0.15, 0.2) is 0 Å². The van der Waals surface area contributed by atoms with Crippen molar-refractivity contribution in [3.05, 3.63) is 29.8 Å². The Morgan fingerprint density at radius 2 is 1.62 bits per heavy atom. The van der Waals surface area contributed by atoms with E-state index in [4.69, 9.17) is 9.47 Å². The van der Waals surface area contributed by atoms with E-state index in [9.17, 15) is 0 Å². The zero-order chi connectivity index (χ0) is 19.2. The highest BCUT2D eigenvalue weighted by Gasteiger charge is 2.31. The van der Waals surface area contributed by atoms with Gasteiger partial charge >= 0.3 is 0 Å². The average molecular weight is 361 g/mol. The summed E-state index contributed by atoms with van der Waals surface area (Å²) in [7, 11) is 0. The van der Waals surface area contributed by atoms with Gasteiger partial charge in [0.1, 0.15) is 5.75 Å². The van der Waals surface area contributed by atoms with Gasteiger partial charge in [-0.25, -0.2) is 0 Å². The lowest BCUT2D eigenvalue weighted by atomic mass is 9.85. The molecular weight excluding hydrogens is 320 g/mol. The minimum Gasteiger partial charge on any atom is -0.464 e. The second-order valence-electron chi connectivity index (χ2n) is 9.42. The van der Waals surface area contributed by atoms with E-state index < -0.39 is 0 Å². The highest BCUT2D eigenvalue weighted by atomic mass is 16.7. The van der Waals surface area contributed by atoms with Gasteiger partial charge in [0.05, 0.1) is 6.10 Å². The van der Waals surface area contributed by atoms with Crippen molar-refractivity contribution in [2.45, 2.75) is 105 Å². The predicted octanol–water partition coefficient (Wildman–Crippen LogP) is 7.33. The molecule has 26 heavy (non-hydrogen) atoms. The van der Waals surface area contributed by atoms with Crippen molar-refractivity contribution in [1.82, 2.24) is 0 Å². The maximum Gasteiger partial charge on any atom is 0.204 e. The summed E-state index contributed by atoms with van der Waals surface area (Å²) in [5.74, 6) is 2.22. The molecule has 1 aliphatic carbocycles. The third-order valence-corrected chi connectivity index (χ3v) is 5.53. The van der Waals surface area contributed by atoms with E-state index >= 15 is 0 Å². The Kier molecular flexibility index (Phi) is 8.01. The van der Waals surface area contributed by atoms with E-state index in [1.54, 1.807) is 0 Å².